The van der Waals surface area contributed by atoms with Crippen molar-refractivity contribution < 1.29 is 17.5 Å². The van der Waals surface area contributed by atoms with Gasteiger partial charge in [-0.05, 0) is 31.5 Å². The van der Waals surface area contributed by atoms with Crippen molar-refractivity contribution in [1.29, 1.82) is 0 Å². The molecule has 1 aromatic carbocycles. The zero-order chi connectivity index (χ0) is 18.0. The monoisotopic (exact) mass is 485 g/mol. The number of halogens is 2. The molecule has 1 aromatic rings. The maximum Gasteiger partial charge on any atom is 0.193 e. The van der Waals surface area contributed by atoms with Crippen molar-refractivity contribution in [2.24, 2.45) is 4.99 Å². The van der Waals surface area contributed by atoms with E-state index in [0.29, 0.717) is 25.6 Å². The fourth-order valence-corrected chi connectivity index (χ4v) is 4.02. The van der Waals surface area contributed by atoms with Crippen LogP contribution in [0.5, 0.6) is 5.75 Å². The molecule has 6 nitrogen and oxygen atoms in total. The van der Waals surface area contributed by atoms with E-state index in [1.807, 2.05) is 4.90 Å². The Hall–Kier alpha value is -1.10. The van der Waals surface area contributed by atoms with E-state index in [1.165, 1.54) is 13.2 Å². The summed E-state index contributed by atoms with van der Waals surface area (Å²) >= 11 is 0. The van der Waals surface area contributed by atoms with Gasteiger partial charge in [0.1, 0.15) is 0 Å². The van der Waals surface area contributed by atoms with Gasteiger partial charge in [0.2, 0.25) is 0 Å². The normalized spacial score (nSPS) is 19.1. The summed E-state index contributed by atoms with van der Waals surface area (Å²) in [5.74, 6) is 0.481. The fraction of sp³-hybridized carbons (Fsp3) is 0.562. The van der Waals surface area contributed by atoms with Crippen LogP contribution in [0.1, 0.15) is 19.4 Å². The first kappa shape index (κ1) is 21.9. The zero-order valence-corrected chi connectivity index (χ0v) is 18.0. The summed E-state index contributed by atoms with van der Waals surface area (Å²) in [5.41, 5.74) is 0.748. The first-order valence-electron chi connectivity index (χ1n) is 7.70. The van der Waals surface area contributed by atoms with Crippen LogP contribution in [0.4, 0.5) is 4.39 Å². The largest absolute Gasteiger partial charge is 0.494 e. The summed E-state index contributed by atoms with van der Waals surface area (Å²) in [6, 6.07) is 4.75. The van der Waals surface area contributed by atoms with E-state index in [9.17, 15) is 12.8 Å². The third-order valence-electron chi connectivity index (χ3n) is 4.22. The van der Waals surface area contributed by atoms with Gasteiger partial charge in [-0.15, -0.1) is 24.0 Å². The van der Waals surface area contributed by atoms with Gasteiger partial charge in [0.05, 0.1) is 17.6 Å². The molecule has 0 atom stereocenters. The van der Waals surface area contributed by atoms with Gasteiger partial charge >= 0.3 is 0 Å². The van der Waals surface area contributed by atoms with Crippen LogP contribution in [0.3, 0.4) is 0 Å². The second-order valence-electron chi connectivity index (χ2n) is 6.37. The number of nitrogens with zero attached hydrogens (tertiary/aromatic N) is 2. The predicted molar refractivity (Wildman–Crippen MR) is 108 cm³/mol. The summed E-state index contributed by atoms with van der Waals surface area (Å²) in [5, 5.41) is 3.16. The minimum Gasteiger partial charge on any atom is -0.494 e. The van der Waals surface area contributed by atoms with Crippen LogP contribution in [0.25, 0.3) is 0 Å². The highest BCUT2D eigenvalue weighted by atomic mass is 127. The van der Waals surface area contributed by atoms with Gasteiger partial charge in [-0.3, -0.25) is 4.99 Å². The second-order valence-corrected chi connectivity index (χ2v) is 9.11. The predicted octanol–water partition coefficient (Wildman–Crippen LogP) is 2.04. The van der Waals surface area contributed by atoms with Crippen LogP contribution in [0, 0.1) is 5.82 Å². The molecule has 0 aromatic heterocycles. The number of aliphatic imine (C=N–C) groups is 1. The number of hydrogen-bond acceptors (Lipinski definition) is 4. The van der Waals surface area contributed by atoms with E-state index in [-0.39, 0.29) is 35.5 Å². The number of ether oxygens (including phenoxy) is 1. The molecule has 142 valence electrons. The fourth-order valence-electron chi connectivity index (χ4n) is 2.66. The van der Waals surface area contributed by atoms with Crippen molar-refractivity contribution in [2.45, 2.75) is 25.1 Å². The molecule has 0 radical (unpaired) electrons. The lowest BCUT2D eigenvalue weighted by Crippen LogP contribution is -2.57. The zero-order valence-electron chi connectivity index (χ0n) is 14.9. The highest BCUT2D eigenvalue weighted by Gasteiger charge is 2.40. The topological polar surface area (TPSA) is 71.0 Å². The van der Waals surface area contributed by atoms with Gasteiger partial charge in [0.15, 0.2) is 27.4 Å². The number of nitrogens with one attached hydrogen (secondary N) is 1. The summed E-state index contributed by atoms with van der Waals surface area (Å²) < 4.78 is 42.0. The highest BCUT2D eigenvalue weighted by Crippen LogP contribution is 2.24. The molecule has 1 fully saturated rings. The molecule has 0 aliphatic carbocycles. The number of rotatable bonds is 3. The molecule has 2 rings (SSSR count). The summed E-state index contributed by atoms with van der Waals surface area (Å²) in [7, 11) is -0.0372. The molecule has 0 amide bonds. The minimum absolute atomic E-state index is 0. The van der Waals surface area contributed by atoms with Gasteiger partial charge in [-0.1, -0.05) is 6.07 Å². The molecule has 1 saturated heterocycles. The van der Waals surface area contributed by atoms with Crippen LogP contribution < -0.4 is 10.1 Å². The molecule has 0 saturated carbocycles. The molecule has 0 bridgehead atoms. The molecule has 25 heavy (non-hydrogen) atoms. The van der Waals surface area contributed by atoms with Gasteiger partial charge in [-0.25, -0.2) is 12.8 Å². The average Bonchev–Trinajstić information content (AvgIpc) is 2.51. The van der Waals surface area contributed by atoms with E-state index in [4.69, 9.17) is 4.74 Å². The Bertz CT molecular complexity index is 738. The summed E-state index contributed by atoms with van der Waals surface area (Å²) in [6.07, 6.45) is 0. The van der Waals surface area contributed by atoms with Crippen LogP contribution in [-0.4, -0.2) is 57.0 Å². The third-order valence-corrected chi connectivity index (χ3v) is 6.75. The lowest BCUT2D eigenvalue weighted by atomic mass is 10.2. The van der Waals surface area contributed by atoms with Crippen molar-refractivity contribution in [3.05, 3.63) is 29.6 Å². The number of benzene rings is 1. The Morgan fingerprint density at radius 1 is 1.44 bits per heavy atom. The maximum absolute atomic E-state index is 13.7. The van der Waals surface area contributed by atoms with Crippen molar-refractivity contribution in [3.63, 3.8) is 0 Å². The Labute approximate surface area is 165 Å². The van der Waals surface area contributed by atoms with Crippen molar-refractivity contribution in [3.8, 4) is 5.75 Å². The Morgan fingerprint density at radius 2 is 2.12 bits per heavy atom. The van der Waals surface area contributed by atoms with E-state index in [0.717, 1.165) is 5.56 Å². The highest BCUT2D eigenvalue weighted by molar-refractivity contribution is 14.0. The van der Waals surface area contributed by atoms with Crippen LogP contribution in [-0.2, 0) is 16.4 Å². The van der Waals surface area contributed by atoms with Crippen LogP contribution >= 0.6 is 24.0 Å². The number of hydrogen-bond donors (Lipinski definition) is 1. The van der Waals surface area contributed by atoms with E-state index >= 15 is 0 Å². The molecule has 1 aliphatic rings. The molecule has 9 heteroatoms. The molecule has 1 N–H and O–H groups in total. The number of sulfone groups is 1. The molecule has 0 unspecified atom stereocenters. The summed E-state index contributed by atoms with van der Waals surface area (Å²) in [6.45, 7) is 4.59. The Kier molecular flexibility index (Phi) is 7.48. The lowest BCUT2D eigenvalue weighted by Gasteiger charge is -2.39. The Morgan fingerprint density at radius 3 is 2.64 bits per heavy atom. The second kappa shape index (κ2) is 8.52. The van der Waals surface area contributed by atoms with Crippen molar-refractivity contribution in [1.82, 2.24) is 10.2 Å². The summed E-state index contributed by atoms with van der Waals surface area (Å²) in [4.78, 5) is 6.13. The van der Waals surface area contributed by atoms with E-state index in [1.54, 1.807) is 33.0 Å². The molecule has 0 spiro atoms. The standard InChI is InChI=1S/C16H24FN3O3S.HI/c1-16(2)11-20(7-8-24(16,21)22)15(18-3)19-10-12-5-6-14(23-4)13(17)9-12;/h5-6,9H,7-8,10-11H2,1-4H3,(H,18,19);1H. The van der Waals surface area contributed by atoms with Crippen LogP contribution in [0.2, 0.25) is 0 Å². The lowest BCUT2D eigenvalue weighted by molar-refractivity contribution is 0.353. The van der Waals surface area contributed by atoms with Crippen molar-refractivity contribution >= 4 is 39.8 Å². The van der Waals surface area contributed by atoms with Gasteiger partial charge in [0.25, 0.3) is 0 Å². The molecular formula is C16H25FIN3O3S. The molecular weight excluding hydrogens is 460 g/mol. The quantitative estimate of drug-likeness (QED) is 0.403. The smallest absolute Gasteiger partial charge is 0.193 e. The minimum atomic E-state index is -3.10. The van der Waals surface area contributed by atoms with Crippen molar-refractivity contribution in [2.75, 3.05) is 33.0 Å². The number of methoxy groups -OCH3 is 1. The Balaban J connectivity index is 0.00000312. The van der Waals surface area contributed by atoms with Crippen LogP contribution in [0.15, 0.2) is 23.2 Å². The number of guanidine groups is 1. The van der Waals surface area contributed by atoms with Gasteiger partial charge in [-0.2, -0.15) is 0 Å². The van der Waals surface area contributed by atoms with E-state index < -0.39 is 20.4 Å². The SMILES string of the molecule is CN=C(NCc1ccc(OC)c(F)c1)N1CCS(=O)(=O)C(C)(C)C1.I. The third kappa shape index (κ3) is 4.96. The first-order chi connectivity index (χ1) is 11.2. The van der Waals surface area contributed by atoms with Gasteiger partial charge in [0, 0.05) is 26.7 Å². The molecule has 1 heterocycles. The first-order valence-corrected chi connectivity index (χ1v) is 9.36. The molecule has 1 aliphatic heterocycles. The van der Waals surface area contributed by atoms with E-state index in [2.05, 4.69) is 10.3 Å². The average molecular weight is 485 g/mol. The van der Waals surface area contributed by atoms with Gasteiger partial charge < -0.3 is 15.0 Å². The maximum atomic E-state index is 13.7.